The lowest BCUT2D eigenvalue weighted by Gasteiger charge is -2.22. The zero-order chi connectivity index (χ0) is 23.3. The van der Waals surface area contributed by atoms with Crippen LogP contribution in [-0.2, 0) is 11.3 Å². The Hall–Kier alpha value is -4.27. The standard InChI is InChI=1S/C25H24N4O5/c1-31-21-12-18(9-10-19(21)22-13-26-16-33-22)28-24-27-14-23(34-24)20-8-5-11-29(20)25(30)32-15-17-6-3-2-4-7-17/h2-4,6-7,9-10,12-14,16,20H,5,8,11,15H2,1H3,(H,27,28). The van der Waals surface area contributed by atoms with E-state index < -0.39 is 0 Å². The average molecular weight is 460 g/mol. The highest BCUT2D eigenvalue weighted by molar-refractivity contribution is 5.71. The molecule has 34 heavy (non-hydrogen) atoms. The van der Waals surface area contributed by atoms with Gasteiger partial charge in [-0.05, 0) is 30.5 Å². The molecule has 4 aromatic rings. The summed E-state index contributed by atoms with van der Waals surface area (Å²) in [5.74, 6) is 1.85. The number of rotatable bonds is 7. The number of ether oxygens (including phenoxy) is 2. The largest absolute Gasteiger partial charge is 0.496 e. The molecule has 1 saturated heterocycles. The van der Waals surface area contributed by atoms with Crippen molar-refractivity contribution in [3.05, 3.63) is 78.6 Å². The van der Waals surface area contributed by atoms with Crippen molar-refractivity contribution in [3.8, 4) is 17.1 Å². The van der Waals surface area contributed by atoms with E-state index in [9.17, 15) is 4.79 Å². The highest BCUT2D eigenvalue weighted by atomic mass is 16.6. The van der Waals surface area contributed by atoms with Crippen LogP contribution < -0.4 is 10.1 Å². The van der Waals surface area contributed by atoms with Crippen LogP contribution in [0.25, 0.3) is 11.3 Å². The van der Waals surface area contributed by atoms with Crippen molar-refractivity contribution in [2.75, 3.05) is 19.0 Å². The summed E-state index contributed by atoms with van der Waals surface area (Å²) < 4.78 is 22.3. The fraction of sp³-hybridized carbons (Fsp3) is 0.240. The van der Waals surface area contributed by atoms with Gasteiger partial charge in [0, 0.05) is 18.3 Å². The number of hydrogen-bond acceptors (Lipinski definition) is 8. The predicted octanol–water partition coefficient (Wildman–Crippen LogP) is 5.56. The SMILES string of the molecule is COc1cc(Nc2ncc(C3CCCN3C(=O)OCc3ccccc3)o2)ccc1-c1cnco1. The van der Waals surface area contributed by atoms with Gasteiger partial charge in [0.25, 0.3) is 6.01 Å². The Morgan fingerprint density at radius 3 is 2.88 bits per heavy atom. The average Bonchev–Trinajstić information content (AvgIpc) is 3.65. The number of anilines is 2. The number of carbonyl (C=O) groups excluding carboxylic acids is 1. The van der Waals surface area contributed by atoms with Crippen LogP contribution in [0.1, 0.15) is 30.2 Å². The molecule has 1 atom stereocenters. The molecule has 1 aliphatic heterocycles. The van der Waals surface area contributed by atoms with Crippen LogP contribution in [0.3, 0.4) is 0 Å². The molecule has 1 fully saturated rings. The van der Waals surface area contributed by atoms with E-state index in [-0.39, 0.29) is 18.7 Å². The zero-order valence-corrected chi connectivity index (χ0v) is 18.6. The molecule has 2 aromatic heterocycles. The van der Waals surface area contributed by atoms with Crippen LogP contribution in [0, 0.1) is 0 Å². The number of nitrogens with one attached hydrogen (secondary N) is 1. The first-order valence-electron chi connectivity index (χ1n) is 11.0. The second-order valence-electron chi connectivity index (χ2n) is 7.87. The molecule has 0 spiro atoms. The van der Waals surface area contributed by atoms with E-state index in [1.54, 1.807) is 24.4 Å². The topological polar surface area (TPSA) is 103 Å². The van der Waals surface area contributed by atoms with Crippen LogP contribution in [0.2, 0.25) is 0 Å². The van der Waals surface area contributed by atoms with Gasteiger partial charge in [-0.1, -0.05) is 30.3 Å². The van der Waals surface area contributed by atoms with Crippen LogP contribution in [0.15, 0.2) is 76.2 Å². The Balaban J connectivity index is 1.25. The van der Waals surface area contributed by atoms with Crippen molar-refractivity contribution in [2.24, 2.45) is 0 Å². The van der Waals surface area contributed by atoms with Gasteiger partial charge in [0.1, 0.15) is 18.1 Å². The van der Waals surface area contributed by atoms with E-state index in [0.29, 0.717) is 29.8 Å². The van der Waals surface area contributed by atoms with Crippen molar-refractivity contribution >= 4 is 17.8 Å². The summed E-state index contributed by atoms with van der Waals surface area (Å²) in [5.41, 5.74) is 2.47. The minimum absolute atomic E-state index is 0.213. The first-order chi connectivity index (χ1) is 16.7. The molecular formula is C25H24N4O5. The number of amides is 1. The van der Waals surface area contributed by atoms with Crippen LogP contribution in [0.4, 0.5) is 16.5 Å². The van der Waals surface area contributed by atoms with Gasteiger partial charge >= 0.3 is 6.09 Å². The molecule has 2 aromatic carbocycles. The fourth-order valence-corrected chi connectivity index (χ4v) is 4.03. The summed E-state index contributed by atoms with van der Waals surface area (Å²) in [5, 5.41) is 3.15. The third kappa shape index (κ3) is 4.59. The summed E-state index contributed by atoms with van der Waals surface area (Å²) in [6, 6.07) is 15.3. The highest BCUT2D eigenvalue weighted by Crippen LogP contribution is 2.36. The minimum atomic E-state index is -0.356. The number of methoxy groups -OCH3 is 1. The monoisotopic (exact) mass is 460 g/mol. The summed E-state index contributed by atoms with van der Waals surface area (Å²) >= 11 is 0. The van der Waals surface area contributed by atoms with Gasteiger partial charge in [0.05, 0.1) is 31.1 Å². The van der Waals surface area contributed by atoms with Gasteiger partial charge in [-0.15, -0.1) is 0 Å². The van der Waals surface area contributed by atoms with Crippen molar-refractivity contribution in [1.82, 2.24) is 14.9 Å². The smallest absolute Gasteiger partial charge is 0.410 e. The van der Waals surface area contributed by atoms with Crippen molar-refractivity contribution in [1.29, 1.82) is 0 Å². The molecule has 0 bridgehead atoms. The maximum absolute atomic E-state index is 12.7. The Labute approximate surface area is 196 Å². The summed E-state index contributed by atoms with van der Waals surface area (Å²) in [4.78, 5) is 22.7. The lowest BCUT2D eigenvalue weighted by molar-refractivity contribution is 0.0888. The summed E-state index contributed by atoms with van der Waals surface area (Å²) in [6.07, 6.45) is 5.95. The third-order valence-electron chi connectivity index (χ3n) is 5.70. The maximum atomic E-state index is 12.7. The molecule has 174 valence electrons. The Kier molecular flexibility index (Phi) is 6.15. The van der Waals surface area contributed by atoms with E-state index in [4.69, 9.17) is 18.3 Å². The molecular weight excluding hydrogens is 436 g/mol. The zero-order valence-electron chi connectivity index (χ0n) is 18.6. The molecule has 1 N–H and O–H groups in total. The third-order valence-corrected chi connectivity index (χ3v) is 5.70. The number of carbonyl (C=O) groups is 1. The first kappa shape index (κ1) is 21.6. The van der Waals surface area contributed by atoms with Gasteiger partial charge in [-0.2, -0.15) is 0 Å². The van der Waals surface area contributed by atoms with E-state index in [1.807, 2.05) is 48.5 Å². The summed E-state index contributed by atoms with van der Waals surface area (Å²) in [6.45, 7) is 0.847. The van der Waals surface area contributed by atoms with Gasteiger partial charge in [-0.25, -0.2) is 14.8 Å². The van der Waals surface area contributed by atoms with Gasteiger partial charge in [-0.3, -0.25) is 4.90 Å². The number of aromatic nitrogens is 2. The van der Waals surface area contributed by atoms with Crippen LogP contribution in [-0.4, -0.2) is 34.6 Å². The van der Waals surface area contributed by atoms with E-state index in [2.05, 4.69) is 15.3 Å². The molecule has 0 saturated carbocycles. The van der Waals surface area contributed by atoms with Gasteiger partial charge in [0.15, 0.2) is 12.2 Å². The van der Waals surface area contributed by atoms with Crippen LogP contribution in [0.5, 0.6) is 5.75 Å². The normalized spacial score (nSPS) is 15.3. The quantitative estimate of drug-likeness (QED) is 0.383. The van der Waals surface area contributed by atoms with Gasteiger partial charge in [0.2, 0.25) is 0 Å². The molecule has 9 heteroatoms. The van der Waals surface area contributed by atoms with E-state index >= 15 is 0 Å². The van der Waals surface area contributed by atoms with Crippen LogP contribution >= 0.6 is 0 Å². The number of benzene rings is 2. The number of oxazole rings is 2. The molecule has 0 radical (unpaired) electrons. The van der Waals surface area contributed by atoms with Crippen molar-refractivity contribution < 1.29 is 23.1 Å². The first-order valence-corrected chi connectivity index (χ1v) is 11.0. The van der Waals surface area contributed by atoms with E-state index in [0.717, 1.165) is 29.7 Å². The molecule has 1 unspecified atom stereocenters. The molecule has 9 nitrogen and oxygen atoms in total. The number of likely N-dealkylation sites (tertiary alicyclic amines) is 1. The molecule has 1 aliphatic rings. The predicted molar refractivity (Wildman–Crippen MR) is 124 cm³/mol. The Bertz CT molecular complexity index is 1240. The highest BCUT2D eigenvalue weighted by Gasteiger charge is 2.33. The van der Waals surface area contributed by atoms with Crippen molar-refractivity contribution in [3.63, 3.8) is 0 Å². The molecule has 0 aliphatic carbocycles. The lowest BCUT2D eigenvalue weighted by atomic mass is 10.1. The molecule has 5 rings (SSSR count). The fourth-order valence-electron chi connectivity index (χ4n) is 4.03. The second kappa shape index (κ2) is 9.70. The van der Waals surface area contributed by atoms with Gasteiger partial charge < -0.3 is 23.6 Å². The lowest BCUT2D eigenvalue weighted by Crippen LogP contribution is -2.30. The van der Waals surface area contributed by atoms with Crippen molar-refractivity contribution in [2.45, 2.75) is 25.5 Å². The number of hydrogen-bond donors (Lipinski definition) is 1. The Morgan fingerprint density at radius 2 is 2.09 bits per heavy atom. The minimum Gasteiger partial charge on any atom is -0.496 e. The Morgan fingerprint density at radius 1 is 1.21 bits per heavy atom. The molecule has 3 heterocycles. The molecule has 1 amide bonds. The van der Waals surface area contributed by atoms with E-state index in [1.165, 1.54) is 6.39 Å². The number of nitrogens with zero attached hydrogens (tertiary/aromatic N) is 3. The summed E-state index contributed by atoms with van der Waals surface area (Å²) in [7, 11) is 1.59. The second-order valence-corrected chi connectivity index (χ2v) is 7.87. The maximum Gasteiger partial charge on any atom is 0.410 e.